The molecule has 2 aliphatic rings. The van der Waals surface area contributed by atoms with Gasteiger partial charge >= 0.3 is 0 Å². The molecule has 2 aliphatic heterocycles. The first kappa shape index (κ1) is 16.3. The largest absolute Gasteiger partial charge is 0.496 e. The first-order chi connectivity index (χ1) is 11.0. The van der Waals surface area contributed by atoms with Crippen LogP contribution in [0.3, 0.4) is 0 Å². The highest BCUT2D eigenvalue weighted by Gasteiger charge is 2.38. The molecule has 23 heavy (non-hydrogen) atoms. The lowest BCUT2D eigenvalue weighted by molar-refractivity contribution is -0.127. The molecule has 1 saturated heterocycles. The number of amides is 1. The second kappa shape index (κ2) is 6.49. The lowest BCUT2D eigenvalue weighted by Gasteiger charge is -2.27. The number of ether oxygens (including phenoxy) is 1. The summed E-state index contributed by atoms with van der Waals surface area (Å²) >= 11 is 1.42. The second-order valence-electron chi connectivity index (χ2n) is 5.62. The minimum absolute atomic E-state index is 0.167. The van der Waals surface area contributed by atoms with Gasteiger partial charge in [-0.3, -0.25) is 4.79 Å². The summed E-state index contributed by atoms with van der Waals surface area (Å²) in [6.07, 6.45) is -0.387. The maximum absolute atomic E-state index is 13.5. The molecule has 2 atom stereocenters. The van der Waals surface area contributed by atoms with Gasteiger partial charge in [0.15, 0.2) is 11.6 Å². The predicted molar refractivity (Wildman–Crippen MR) is 82.5 cm³/mol. The number of carbonyl (C=O) groups excluding carboxylic acids is 1. The molecule has 7 heteroatoms. The van der Waals surface area contributed by atoms with Crippen molar-refractivity contribution in [3.8, 4) is 0 Å². The number of hydrogen-bond acceptors (Lipinski definition) is 4. The Hall–Kier alpha value is -1.60. The van der Waals surface area contributed by atoms with Crippen LogP contribution in [0, 0.1) is 11.6 Å². The zero-order valence-electron chi connectivity index (χ0n) is 12.6. The van der Waals surface area contributed by atoms with Crippen LogP contribution in [0.1, 0.15) is 24.9 Å². The quantitative estimate of drug-likeness (QED) is 0.898. The molecule has 0 bridgehead atoms. The first-order valence-corrected chi connectivity index (χ1v) is 8.36. The van der Waals surface area contributed by atoms with E-state index in [9.17, 15) is 18.7 Å². The van der Waals surface area contributed by atoms with E-state index in [1.165, 1.54) is 22.7 Å². The summed E-state index contributed by atoms with van der Waals surface area (Å²) in [5.41, 5.74) is 0.480. The Morgan fingerprint density at radius 1 is 1.39 bits per heavy atom. The van der Waals surface area contributed by atoms with Crippen molar-refractivity contribution in [2.24, 2.45) is 0 Å². The molecule has 1 N–H and O–H groups in total. The van der Waals surface area contributed by atoms with Gasteiger partial charge in [-0.05, 0) is 31.0 Å². The normalized spacial score (nSPS) is 24.8. The lowest BCUT2D eigenvalue weighted by Crippen LogP contribution is -2.33. The summed E-state index contributed by atoms with van der Waals surface area (Å²) in [5, 5.41) is 9.95. The van der Waals surface area contributed by atoms with Crippen molar-refractivity contribution in [1.82, 2.24) is 4.90 Å². The number of allylic oxidation sites excluding steroid dienone is 1. The zero-order valence-corrected chi connectivity index (χ0v) is 13.4. The van der Waals surface area contributed by atoms with Crippen LogP contribution in [0.25, 0.3) is 0 Å². The number of thioether (sulfide) groups is 1. The van der Waals surface area contributed by atoms with Gasteiger partial charge in [0.1, 0.15) is 10.7 Å². The number of aliphatic hydroxyl groups is 1. The van der Waals surface area contributed by atoms with Crippen LogP contribution in [0.5, 0.6) is 0 Å². The van der Waals surface area contributed by atoms with Crippen molar-refractivity contribution in [3.05, 3.63) is 46.1 Å². The van der Waals surface area contributed by atoms with Crippen LogP contribution >= 0.6 is 11.8 Å². The van der Waals surface area contributed by atoms with Crippen LogP contribution < -0.4 is 0 Å². The monoisotopic (exact) mass is 341 g/mol. The molecular weight excluding hydrogens is 324 g/mol. The van der Waals surface area contributed by atoms with Crippen LogP contribution in [0.15, 0.2) is 28.9 Å². The molecule has 0 aliphatic carbocycles. The van der Waals surface area contributed by atoms with Crippen molar-refractivity contribution in [3.63, 3.8) is 0 Å². The van der Waals surface area contributed by atoms with E-state index in [1.807, 2.05) is 0 Å². The smallest absolute Gasteiger partial charge is 0.264 e. The fraction of sp³-hybridized carbons (Fsp3) is 0.438. The molecule has 4 nitrogen and oxygen atoms in total. The summed E-state index contributed by atoms with van der Waals surface area (Å²) in [5.74, 6) is -0.873. The fourth-order valence-electron chi connectivity index (χ4n) is 2.92. The SMILES string of the molecule is CC1=C(C(=O)N2C[C@H](O)C[C@@H]2c2ccc(F)c(F)c2)SCCO1. The van der Waals surface area contributed by atoms with Crippen LogP contribution in [0.2, 0.25) is 0 Å². The van der Waals surface area contributed by atoms with Crippen LogP contribution in [0.4, 0.5) is 8.78 Å². The van der Waals surface area contributed by atoms with Gasteiger partial charge in [-0.1, -0.05) is 6.07 Å². The van der Waals surface area contributed by atoms with Gasteiger partial charge in [0.05, 0.1) is 18.8 Å². The summed E-state index contributed by atoms with van der Waals surface area (Å²) in [6, 6.07) is 3.11. The number of β-amino-alcohol motifs (C(OH)–C–C–N with tert-alkyl or cyclic N) is 1. The van der Waals surface area contributed by atoms with E-state index in [2.05, 4.69) is 0 Å². The molecular formula is C16H17F2NO3S. The Kier molecular flexibility index (Phi) is 4.59. The van der Waals surface area contributed by atoms with Gasteiger partial charge < -0.3 is 14.7 Å². The van der Waals surface area contributed by atoms with E-state index >= 15 is 0 Å². The highest BCUT2D eigenvalue weighted by Crippen LogP contribution is 2.37. The Balaban J connectivity index is 1.90. The molecule has 3 rings (SSSR count). The molecule has 0 aromatic heterocycles. The first-order valence-electron chi connectivity index (χ1n) is 7.38. The van der Waals surface area contributed by atoms with Crippen molar-refractivity contribution in [2.75, 3.05) is 18.9 Å². The van der Waals surface area contributed by atoms with Crippen LogP contribution in [-0.4, -0.2) is 40.9 Å². The number of likely N-dealkylation sites (tertiary alicyclic amines) is 1. The second-order valence-corrected chi connectivity index (χ2v) is 6.72. The van der Waals surface area contributed by atoms with E-state index in [1.54, 1.807) is 6.92 Å². The van der Waals surface area contributed by atoms with Crippen molar-refractivity contribution < 1.29 is 23.4 Å². The van der Waals surface area contributed by atoms with Crippen molar-refractivity contribution >= 4 is 17.7 Å². The van der Waals surface area contributed by atoms with Crippen LogP contribution in [-0.2, 0) is 9.53 Å². The molecule has 1 aromatic carbocycles. The number of carbonyl (C=O) groups is 1. The lowest BCUT2D eigenvalue weighted by atomic mass is 10.0. The predicted octanol–water partition coefficient (Wildman–Crippen LogP) is 2.59. The fourth-order valence-corrected chi connectivity index (χ4v) is 3.80. The van der Waals surface area contributed by atoms with Gasteiger partial charge in [0.25, 0.3) is 5.91 Å². The number of nitrogens with zero attached hydrogens (tertiary/aromatic N) is 1. The minimum Gasteiger partial charge on any atom is -0.496 e. The third-order valence-electron chi connectivity index (χ3n) is 4.03. The Morgan fingerprint density at radius 2 is 2.17 bits per heavy atom. The topological polar surface area (TPSA) is 49.8 Å². The number of hydrogen-bond donors (Lipinski definition) is 1. The molecule has 1 amide bonds. The maximum Gasteiger partial charge on any atom is 0.264 e. The highest BCUT2D eigenvalue weighted by molar-refractivity contribution is 8.04. The number of halogens is 2. The van der Waals surface area contributed by atoms with Gasteiger partial charge in [0.2, 0.25) is 0 Å². The minimum atomic E-state index is -0.956. The Bertz CT molecular complexity index is 665. The average Bonchev–Trinajstić information content (AvgIpc) is 2.92. The third kappa shape index (κ3) is 3.21. The molecule has 2 heterocycles. The van der Waals surface area contributed by atoms with Gasteiger partial charge in [-0.15, -0.1) is 11.8 Å². The third-order valence-corrected chi connectivity index (χ3v) is 5.15. The van der Waals surface area contributed by atoms with E-state index in [0.717, 1.165) is 12.1 Å². The Morgan fingerprint density at radius 3 is 2.87 bits per heavy atom. The molecule has 0 unspecified atom stereocenters. The molecule has 0 saturated carbocycles. The maximum atomic E-state index is 13.5. The van der Waals surface area contributed by atoms with E-state index < -0.39 is 23.8 Å². The van der Waals surface area contributed by atoms with Gasteiger partial charge in [-0.2, -0.15) is 0 Å². The summed E-state index contributed by atoms with van der Waals surface area (Å²) < 4.78 is 32.0. The average molecular weight is 341 g/mol. The van der Waals surface area contributed by atoms with Crippen molar-refractivity contribution in [2.45, 2.75) is 25.5 Å². The van der Waals surface area contributed by atoms with E-state index in [4.69, 9.17) is 4.74 Å². The summed E-state index contributed by atoms with van der Waals surface area (Å²) in [4.78, 5) is 14.8. The van der Waals surface area contributed by atoms with E-state index in [-0.39, 0.29) is 12.5 Å². The number of rotatable bonds is 2. The molecule has 1 fully saturated rings. The number of benzene rings is 1. The van der Waals surface area contributed by atoms with Gasteiger partial charge in [0, 0.05) is 12.3 Å². The zero-order chi connectivity index (χ0) is 16.6. The van der Waals surface area contributed by atoms with Crippen molar-refractivity contribution in [1.29, 1.82) is 0 Å². The Labute approximate surface area is 137 Å². The number of aliphatic hydroxyl groups excluding tert-OH is 1. The molecule has 1 aromatic rings. The van der Waals surface area contributed by atoms with Gasteiger partial charge in [-0.25, -0.2) is 8.78 Å². The molecule has 0 spiro atoms. The molecule has 0 radical (unpaired) electrons. The standard InChI is InChI=1S/C16H17F2NO3S/c1-9-15(23-5-4-22-9)16(21)19-8-11(20)7-14(19)10-2-3-12(17)13(18)6-10/h2-3,6,11,14,20H,4-5,7-8H2,1H3/t11-,14-/m1/s1. The highest BCUT2D eigenvalue weighted by atomic mass is 32.2. The summed E-state index contributed by atoms with van der Waals surface area (Å²) in [7, 11) is 0. The van der Waals surface area contributed by atoms with E-state index in [0.29, 0.717) is 35.0 Å². The molecule has 124 valence electrons. The summed E-state index contributed by atoms with van der Waals surface area (Å²) in [6.45, 7) is 2.46.